The zero-order valence-corrected chi connectivity index (χ0v) is 21.3. The van der Waals surface area contributed by atoms with E-state index in [0.29, 0.717) is 28.0 Å². The van der Waals surface area contributed by atoms with Gasteiger partial charge in [-0.05, 0) is 25.8 Å². The summed E-state index contributed by atoms with van der Waals surface area (Å²) in [5.74, 6) is -0.496. The molecular formula is C28H25NO10. The van der Waals surface area contributed by atoms with E-state index in [2.05, 4.69) is 0 Å². The number of hydrogen-bond acceptors (Lipinski definition) is 10. The van der Waals surface area contributed by atoms with Crippen molar-refractivity contribution in [3.8, 4) is 34.1 Å². The summed E-state index contributed by atoms with van der Waals surface area (Å²) in [5.41, 5.74) is 0.276. The van der Waals surface area contributed by atoms with Crippen LogP contribution in [0.5, 0.6) is 23.0 Å². The number of nitrogens with zero attached hydrogens (tertiary/aromatic N) is 1. The lowest BCUT2D eigenvalue weighted by molar-refractivity contribution is -0.0587. The smallest absolute Gasteiger partial charge is 0.262 e. The first kappa shape index (κ1) is 24.0. The lowest BCUT2D eigenvalue weighted by atomic mass is 9.78. The standard InChI is InChI=1S/C28H25NO10/c1-9-6-10-16(28(35)29(9)2)22(33)19-15-11(7-14-18(19)24(10)38-8-37-14)25(36-3)27-20(21(15)32)23(34)17-12(30)4-5-13(31)26(17)39-27/h6,12-14,30-33H,4-5,7-8H2,1-3H3/t12-,13-,14-/m1/s1. The molecule has 0 saturated heterocycles. The summed E-state index contributed by atoms with van der Waals surface area (Å²) in [6.07, 6.45) is -2.41. The summed E-state index contributed by atoms with van der Waals surface area (Å²) < 4.78 is 24.9. The molecule has 2 aromatic carbocycles. The molecule has 4 N–H and O–H groups in total. The minimum atomic E-state index is -1.19. The van der Waals surface area contributed by atoms with Gasteiger partial charge in [-0.1, -0.05) is 0 Å². The van der Waals surface area contributed by atoms with Gasteiger partial charge < -0.3 is 43.6 Å². The molecule has 0 saturated carbocycles. The number of pyridine rings is 1. The molecule has 7 rings (SSSR count). The molecule has 0 fully saturated rings. The molecule has 39 heavy (non-hydrogen) atoms. The number of aliphatic hydroxyl groups excluding tert-OH is 2. The average Bonchev–Trinajstić information content (AvgIpc) is 2.91. The molecule has 0 bridgehead atoms. The minimum absolute atomic E-state index is 0.000154. The van der Waals surface area contributed by atoms with Gasteiger partial charge in [0.25, 0.3) is 5.56 Å². The number of ether oxygens (including phenoxy) is 3. The zero-order chi connectivity index (χ0) is 27.5. The van der Waals surface area contributed by atoms with E-state index in [1.54, 1.807) is 20.0 Å². The van der Waals surface area contributed by atoms with Crippen LogP contribution in [0, 0.1) is 6.92 Å². The number of aliphatic hydroxyl groups is 2. The SMILES string of the molecule is COc1c2c(c(O)c3c(=O)c4c(oc13)[C@H](O)CC[C@H]4O)-c1c3c(c4cc(C)n(C)c(=O)c4c1O)OCO[C@@H]3C2. The summed E-state index contributed by atoms with van der Waals surface area (Å²) in [6, 6.07) is 1.75. The maximum absolute atomic E-state index is 13.7. The second-order valence-corrected chi connectivity index (χ2v) is 10.3. The first-order valence-electron chi connectivity index (χ1n) is 12.6. The number of methoxy groups -OCH3 is 1. The number of phenolic OH excluding ortho intramolecular Hbond substituents is 2. The van der Waals surface area contributed by atoms with Crippen LogP contribution in [0.25, 0.3) is 32.9 Å². The Kier molecular flexibility index (Phi) is 4.91. The number of rotatable bonds is 1. The molecule has 1 aliphatic heterocycles. The summed E-state index contributed by atoms with van der Waals surface area (Å²) in [5, 5.41) is 44.6. The summed E-state index contributed by atoms with van der Waals surface area (Å²) in [4.78, 5) is 27.1. The Morgan fingerprint density at radius 2 is 1.74 bits per heavy atom. The predicted molar refractivity (Wildman–Crippen MR) is 137 cm³/mol. The Morgan fingerprint density at radius 1 is 1.03 bits per heavy atom. The molecule has 0 unspecified atom stereocenters. The predicted octanol–water partition coefficient (Wildman–Crippen LogP) is 2.86. The molecule has 0 amide bonds. The lowest BCUT2D eigenvalue weighted by Crippen LogP contribution is -2.27. The molecule has 3 aliphatic rings. The summed E-state index contributed by atoms with van der Waals surface area (Å²) >= 11 is 0. The zero-order valence-electron chi connectivity index (χ0n) is 21.3. The largest absolute Gasteiger partial charge is 0.506 e. The van der Waals surface area contributed by atoms with Crippen LogP contribution in [0.2, 0.25) is 0 Å². The van der Waals surface area contributed by atoms with Crippen molar-refractivity contribution in [2.24, 2.45) is 7.05 Å². The monoisotopic (exact) mass is 535 g/mol. The van der Waals surface area contributed by atoms with Gasteiger partial charge in [0.15, 0.2) is 18.1 Å². The van der Waals surface area contributed by atoms with Gasteiger partial charge in [-0.15, -0.1) is 0 Å². The molecule has 0 radical (unpaired) electrons. The highest BCUT2D eigenvalue weighted by Crippen LogP contribution is 2.59. The quantitative estimate of drug-likeness (QED) is 0.285. The second kappa shape index (κ2) is 7.98. The number of benzene rings is 2. The van der Waals surface area contributed by atoms with Gasteiger partial charge in [-0.2, -0.15) is 0 Å². The van der Waals surface area contributed by atoms with Crippen molar-refractivity contribution < 1.29 is 39.1 Å². The van der Waals surface area contributed by atoms with E-state index in [-0.39, 0.29) is 76.4 Å². The molecule has 0 spiro atoms. The van der Waals surface area contributed by atoms with Gasteiger partial charge in [0, 0.05) is 46.8 Å². The van der Waals surface area contributed by atoms with E-state index in [9.17, 15) is 30.0 Å². The highest BCUT2D eigenvalue weighted by atomic mass is 16.7. The Hall–Kier alpha value is -4.06. The third kappa shape index (κ3) is 2.92. The van der Waals surface area contributed by atoms with E-state index in [1.165, 1.54) is 11.7 Å². The molecule has 11 nitrogen and oxygen atoms in total. The van der Waals surface area contributed by atoms with E-state index in [0.717, 1.165) is 0 Å². The van der Waals surface area contributed by atoms with Crippen LogP contribution in [0.4, 0.5) is 0 Å². The first-order chi connectivity index (χ1) is 18.6. The third-order valence-corrected chi connectivity index (χ3v) is 8.32. The Morgan fingerprint density at radius 3 is 2.49 bits per heavy atom. The van der Waals surface area contributed by atoms with Crippen molar-refractivity contribution in [3.05, 3.63) is 54.8 Å². The first-order valence-corrected chi connectivity index (χ1v) is 12.6. The van der Waals surface area contributed by atoms with Crippen molar-refractivity contribution in [3.63, 3.8) is 0 Å². The van der Waals surface area contributed by atoms with Gasteiger partial charge >= 0.3 is 0 Å². The van der Waals surface area contributed by atoms with Crippen molar-refractivity contribution in [1.82, 2.24) is 4.57 Å². The molecule has 3 heterocycles. The molecule has 3 atom stereocenters. The van der Waals surface area contributed by atoms with Crippen LogP contribution in [0.1, 0.15) is 59.3 Å². The van der Waals surface area contributed by atoms with Crippen LogP contribution in [-0.4, -0.2) is 38.9 Å². The van der Waals surface area contributed by atoms with Crippen LogP contribution >= 0.6 is 0 Å². The number of aryl methyl sites for hydroxylation is 1. The maximum Gasteiger partial charge on any atom is 0.262 e. The second-order valence-electron chi connectivity index (χ2n) is 10.3. The normalized spacial score (nSPS) is 21.3. The van der Waals surface area contributed by atoms with Gasteiger partial charge in [0.2, 0.25) is 5.43 Å². The van der Waals surface area contributed by atoms with Crippen LogP contribution < -0.4 is 20.5 Å². The van der Waals surface area contributed by atoms with Gasteiger partial charge in [-0.3, -0.25) is 9.59 Å². The lowest BCUT2D eigenvalue weighted by Gasteiger charge is -2.35. The fourth-order valence-corrected chi connectivity index (χ4v) is 6.35. The Balaban J connectivity index is 1.69. The summed E-state index contributed by atoms with van der Waals surface area (Å²) in [7, 11) is 2.96. The molecule has 202 valence electrons. The number of aromatic hydroxyl groups is 2. The van der Waals surface area contributed by atoms with Gasteiger partial charge in [-0.25, -0.2) is 0 Å². The van der Waals surface area contributed by atoms with Crippen molar-refractivity contribution in [2.75, 3.05) is 13.9 Å². The number of fused-ring (bicyclic) bond motifs is 6. The molecule has 4 aromatic rings. The van der Waals surface area contributed by atoms with Crippen LogP contribution in [0.15, 0.2) is 20.1 Å². The van der Waals surface area contributed by atoms with E-state index < -0.39 is 35.0 Å². The van der Waals surface area contributed by atoms with Crippen LogP contribution in [-0.2, 0) is 18.2 Å². The number of aromatic nitrogens is 1. The molecule has 11 heteroatoms. The highest BCUT2D eigenvalue weighted by molar-refractivity contribution is 6.07. The van der Waals surface area contributed by atoms with E-state index in [1.807, 2.05) is 0 Å². The Bertz CT molecular complexity index is 1890. The van der Waals surface area contributed by atoms with E-state index in [4.69, 9.17) is 18.6 Å². The Labute approximate surface area is 220 Å². The topological polar surface area (TPSA) is 161 Å². The fourth-order valence-electron chi connectivity index (χ4n) is 6.35. The molecule has 2 aromatic heterocycles. The maximum atomic E-state index is 13.7. The molecular weight excluding hydrogens is 510 g/mol. The number of hydrogen-bond donors (Lipinski definition) is 4. The van der Waals surface area contributed by atoms with Gasteiger partial charge in [0.1, 0.15) is 34.5 Å². The fraction of sp³-hybridized carbons (Fsp3) is 0.357. The van der Waals surface area contributed by atoms with Crippen molar-refractivity contribution in [1.29, 1.82) is 0 Å². The number of phenols is 2. The minimum Gasteiger partial charge on any atom is -0.506 e. The van der Waals surface area contributed by atoms with Crippen LogP contribution in [0.3, 0.4) is 0 Å². The third-order valence-electron chi connectivity index (χ3n) is 8.32. The molecule has 2 aliphatic carbocycles. The average molecular weight is 536 g/mol. The highest BCUT2D eigenvalue weighted by Gasteiger charge is 2.42. The van der Waals surface area contributed by atoms with Gasteiger partial charge in [0.05, 0.1) is 30.3 Å². The summed E-state index contributed by atoms with van der Waals surface area (Å²) in [6.45, 7) is 1.67. The van der Waals surface area contributed by atoms with Crippen molar-refractivity contribution in [2.45, 2.75) is 44.5 Å². The van der Waals surface area contributed by atoms with E-state index >= 15 is 0 Å². The van der Waals surface area contributed by atoms with Crippen molar-refractivity contribution >= 4 is 21.7 Å².